The van der Waals surface area contributed by atoms with E-state index in [0.29, 0.717) is 10.8 Å². The molecule has 39 heavy (non-hydrogen) atoms. The number of fused-ring (bicyclic) bond motifs is 2. The largest absolute Gasteiger partial charge is 0.504 e. The second-order valence-corrected chi connectivity index (χ2v) is 14.4. The minimum absolute atomic E-state index is 0.193. The van der Waals surface area contributed by atoms with E-state index < -0.39 is 7.26 Å². The van der Waals surface area contributed by atoms with Crippen molar-refractivity contribution in [3.8, 4) is 23.0 Å². The summed E-state index contributed by atoms with van der Waals surface area (Å²) < 4.78 is 1.64. The molecule has 0 bridgehead atoms. The molecule has 0 saturated heterocycles. The van der Waals surface area contributed by atoms with Gasteiger partial charge < -0.3 is 20.4 Å². The molecule has 7 heteroatoms. The van der Waals surface area contributed by atoms with E-state index in [4.69, 9.17) is 0 Å². The Morgan fingerprint density at radius 2 is 0.821 bits per heavy atom. The summed E-state index contributed by atoms with van der Waals surface area (Å²) >= 11 is 7.21. The Morgan fingerprint density at radius 1 is 0.436 bits per heavy atom. The van der Waals surface area contributed by atoms with Crippen molar-refractivity contribution in [1.29, 1.82) is 0 Å². The standard InChI is InChI=1S/C32H21Br2O4P/c33-19-11-13-23-25(15-19)29(17-27(35)31(23)37)39(21-7-3-1-4-8-21,22-9-5-2-6-10-22)30-18-28(36)32(38)24-14-12-20(34)16-26(24)30/h1-18H,(H3-,35,36,37,38)/p+1. The van der Waals surface area contributed by atoms with Crippen molar-refractivity contribution < 1.29 is 20.4 Å². The van der Waals surface area contributed by atoms with E-state index >= 15 is 0 Å². The van der Waals surface area contributed by atoms with Gasteiger partial charge in [-0.2, -0.15) is 0 Å². The van der Waals surface area contributed by atoms with E-state index in [1.54, 1.807) is 24.3 Å². The molecule has 0 spiro atoms. The molecular weight excluding hydrogens is 639 g/mol. The lowest BCUT2D eigenvalue weighted by molar-refractivity contribution is 0.408. The first-order chi connectivity index (χ1) is 18.8. The number of hydrogen-bond acceptors (Lipinski definition) is 4. The van der Waals surface area contributed by atoms with Crippen molar-refractivity contribution in [3.63, 3.8) is 0 Å². The zero-order chi connectivity index (χ0) is 27.3. The van der Waals surface area contributed by atoms with Gasteiger partial charge in [-0.05, 0) is 60.7 Å². The Balaban J connectivity index is 1.94. The van der Waals surface area contributed by atoms with Gasteiger partial charge in [0.15, 0.2) is 23.0 Å². The number of halogens is 2. The zero-order valence-electron chi connectivity index (χ0n) is 20.4. The highest BCUT2D eigenvalue weighted by Gasteiger charge is 2.51. The third-order valence-corrected chi connectivity index (χ3v) is 12.4. The number of aromatic hydroxyl groups is 4. The first-order valence-electron chi connectivity index (χ1n) is 12.1. The van der Waals surface area contributed by atoms with Gasteiger partial charge in [-0.1, -0.05) is 68.3 Å². The fourth-order valence-electron chi connectivity index (χ4n) is 5.39. The molecule has 0 aromatic heterocycles. The molecule has 0 radical (unpaired) electrons. The zero-order valence-corrected chi connectivity index (χ0v) is 24.5. The number of hydrogen-bond donors (Lipinski definition) is 4. The summed E-state index contributed by atoms with van der Waals surface area (Å²) in [5.41, 5.74) is 0. The Kier molecular flexibility index (Phi) is 6.50. The van der Waals surface area contributed by atoms with Crippen molar-refractivity contribution in [1.82, 2.24) is 0 Å². The highest BCUT2D eigenvalue weighted by atomic mass is 79.9. The topological polar surface area (TPSA) is 80.9 Å². The monoisotopic (exact) mass is 659 g/mol. The third-order valence-electron chi connectivity index (χ3n) is 7.07. The molecule has 0 aliphatic carbocycles. The molecule has 0 aliphatic heterocycles. The SMILES string of the molecule is Oc1cc([P+](c2ccccc2)(c2ccccc2)c2cc(O)c(O)c3ccc(Br)cc23)c2cc(Br)ccc2c1O. The normalized spacial score (nSPS) is 11.7. The van der Waals surface area contributed by atoms with Crippen molar-refractivity contribution in [3.05, 3.63) is 118 Å². The van der Waals surface area contributed by atoms with Gasteiger partial charge in [0.2, 0.25) is 0 Å². The summed E-state index contributed by atoms with van der Waals surface area (Å²) in [5.74, 6) is -0.850. The summed E-state index contributed by atoms with van der Waals surface area (Å²) in [7, 11) is -2.91. The average molecular weight is 661 g/mol. The van der Waals surface area contributed by atoms with Gasteiger partial charge in [-0.3, -0.25) is 0 Å². The molecule has 0 heterocycles. The van der Waals surface area contributed by atoms with Crippen LogP contribution in [0.5, 0.6) is 23.0 Å². The van der Waals surface area contributed by atoms with Gasteiger partial charge in [0, 0.05) is 42.6 Å². The predicted molar refractivity (Wildman–Crippen MR) is 168 cm³/mol. The van der Waals surface area contributed by atoms with Crippen molar-refractivity contribution in [2.45, 2.75) is 0 Å². The van der Waals surface area contributed by atoms with Gasteiger partial charge in [-0.15, -0.1) is 0 Å². The first-order valence-corrected chi connectivity index (χ1v) is 15.5. The van der Waals surface area contributed by atoms with E-state index in [0.717, 1.165) is 40.9 Å². The van der Waals surface area contributed by atoms with E-state index in [1.165, 1.54) is 0 Å². The van der Waals surface area contributed by atoms with Crippen molar-refractivity contribution >= 4 is 81.9 Å². The van der Waals surface area contributed by atoms with Crippen LogP contribution in [0, 0.1) is 0 Å². The predicted octanol–water partition coefficient (Wildman–Crippen LogP) is 6.96. The Bertz CT molecular complexity index is 1740. The first kappa shape index (κ1) is 25.7. The maximum Gasteiger partial charge on any atom is 0.165 e. The molecule has 0 atom stereocenters. The van der Waals surface area contributed by atoms with Crippen LogP contribution in [-0.4, -0.2) is 20.4 Å². The fraction of sp³-hybridized carbons (Fsp3) is 0. The second kappa shape index (κ2) is 9.87. The summed E-state index contributed by atoms with van der Waals surface area (Å²) in [5, 5.41) is 50.1. The number of phenolic OH excluding ortho intramolecular Hbond substituents is 4. The molecule has 6 aromatic carbocycles. The summed E-state index contributed by atoms with van der Waals surface area (Å²) in [4.78, 5) is 0. The van der Waals surface area contributed by atoms with Crippen molar-refractivity contribution in [2.24, 2.45) is 0 Å². The van der Waals surface area contributed by atoms with Gasteiger partial charge in [-0.25, -0.2) is 0 Å². The van der Waals surface area contributed by atoms with Crippen LogP contribution in [0.15, 0.2) is 118 Å². The minimum atomic E-state index is -2.91. The smallest absolute Gasteiger partial charge is 0.165 e. The highest BCUT2D eigenvalue weighted by molar-refractivity contribution is 9.10. The lowest BCUT2D eigenvalue weighted by Crippen LogP contribution is -2.39. The van der Waals surface area contributed by atoms with Crippen LogP contribution in [0.3, 0.4) is 0 Å². The maximum absolute atomic E-state index is 11.1. The maximum atomic E-state index is 11.1. The fourth-order valence-corrected chi connectivity index (χ4v) is 10.7. The Labute approximate surface area is 242 Å². The Hall–Kier alpha value is -3.57. The Morgan fingerprint density at radius 3 is 1.21 bits per heavy atom. The summed E-state index contributed by atoms with van der Waals surface area (Å²) in [6.07, 6.45) is 0. The quantitative estimate of drug-likeness (QED) is 0.122. The van der Waals surface area contributed by atoms with Gasteiger partial charge in [0.1, 0.15) is 28.5 Å². The molecule has 192 valence electrons. The molecule has 6 aromatic rings. The highest BCUT2D eigenvalue weighted by Crippen LogP contribution is 2.59. The van der Waals surface area contributed by atoms with Crippen LogP contribution < -0.4 is 21.2 Å². The van der Waals surface area contributed by atoms with Crippen LogP contribution in [0.4, 0.5) is 0 Å². The van der Waals surface area contributed by atoms with E-state index in [1.807, 2.05) is 60.7 Å². The van der Waals surface area contributed by atoms with Gasteiger partial charge >= 0.3 is 0 Å². The summed E-state index contributed by atoms with van der Waals surface area (Å²) in [6.45, 7) is 0. The number of benzene rings is 6. The number of rotatable bonds is 4. The van der Waals surface area contributed by atoms with Crippen LogP contribution in [0.2, 0.25) is 0 Å². The lowest BCUT2D eigenvalue weighted by Gasteiger charge is -2.30. The van der Waals surface area contributed by atoms with E-state index in [-0.39, 0.29) is 23.0 Å². The molecule has 0 amide bonds. The molecular formula is C32H22Br2O4P+. The van der Waals surface area contributed by atoms with Crippen LogP contribution in [-0.2, 0) is 0 Å². The molecule has 4 nitrogen and oxygen atoms in total. The van der Waals surface area contributed by atoms with E-state index in [9.17, 15) is 20.4 Å². The van der Waals surface area contributed by atoms with Crippen LogP contribution in [0.25, 0.3) is 21.5 Å². The molecule has 0 fully saturated rings. The molecule has 0 unspecified atom stereocenters. The van der Waals surface area contributed by atoms with Gasteiger partial charge in [0.25, 0.3) is 0 Å². The molecule has 0 saturated carbocycles. The van der Waals surface area contributed by atoms with Crippen molar-refractivity contribution in [2.75, 3.05) is 0 Å². The average Bonchev–Trinajstić information content (AvgIpc) is 2.95. The molecule has 4 N–H and O–H groups in total. The van der Waals surface area contributed by atoms with E-state index in [2.05, 4.69) is 56.1 Å². The molecule has 0 aliphatic rings. The van der Waals surface area contributed by atoms with Gasteiger partial charge in [0.05, 0.1) is 0 Å². The second-order valence-electron chi connectivity index (χ2n) is 9.25. The number of phenols is 4. The van der Waals surface area contributed by atoms with Crippen LogP contribution in [0.1, 0.15) is 0 Å². The lowest BCUT2D eigenvalue weighted by atomic mass is 10.1. The summed E-state index contributed by atoms with van der Waals surface area (Å²) in [6, 6.07) is 34.4. The molecule has 6 rings (SSSR count). The third kappa shape index (κ3) is 4.06. The minimum Gasteiger partial charge on any atom is -0.504 e. The van der Waals surface area contributed by atoms with Crippen LogP contribution >= 0.6 is 39.1 Å².